The van der Waals surface area contributed by atoms with Gasteiger partial charge in [0.15, 0.2) is 5.82 Å². The molecule has 5 aromatic rings. The molecule has 206 valence electrons. The maximum Gasteiger partial charge on any atom is 0.284 e. The number of aromatic nitrogens is 6. The number of H-pyrrole nitrogens is 1. The fourth-order valence-electron chi connectivity index (χ4n) is 5.65. The van der Waals surface area contributed by atoms with E-state index in [1.54, 1.807) is 32.4 Å². The summed E-state index contributed by atoms with van der Waals surface area (Å²) in [5.41, 5.74) is 1.89. The first-order valence-corrected chi connectivity index (χ1v) is 13.3. The van der Waals surface area contributed by atoms with E-state index in [0.717, 1.165) is 12.8 Å². The Morgan fingerprint density at radius 2 is 1.88 bits per heavy atom. The van der Waals surface area contributed by atoms with Gasteiger partial charge in [-0.1, -0.05) is 29.8 Å². The van der Waals surface area contributed by atoms with Crippen LogP contribution in [0.2, 0.25) is 5.02 Å². The van der Waals surface area contributed by atoms with Crippen molar-refractivity contribution in [3.05, 3.63) is 81.9 Å². The number of fused-ring (bicyclic) bond motifs is 2. The molecule has 2 aliphatic heterocycles. The Kier molecular flexibility index (Phi) is 6.99. The Bertz CT molecular complexity index is 1760. The fourth-order valence-corrected chi connectivity index (χ4v) is 5.87. The summed E-state index contributed by atoms with van der Waals surface area (Å²) in [4.78, 5) is 43.5. The molecule has 0 spiro atoms. The van der Waals surface area contributed by atoms with E-state index in [1.165, 1.54) is 6.33 Å². The van der Waals surface area contributed by atoms with Gasteiger partial charge in [-0.2, -0.15) is 18.6 Å². The van der Waals surface area contributed by atoms with Crippen molar-refractivity contribution in [1.29, 1.82) is 0 Å². The van der Waals surface area contributed by atoms with Crippen molar-refractivity contribution in [3.8, 4) is 5.69 Å². The summed E-state index contributed by atoms with van der Waals surface area (Å²) in [5, 5.41) is 5.92. The Morgan fingerprint density at radius 3 is 2.67 bits per heavy atom. The molecule has 13 heteroatoms. The van der Waals surface area contributed by atoms with E-state index in [4.69, 9.17) is 21.4 Å². The number of morpholine rings is 1. The lowest BCUT2D eigenvalue weighted by Gasteiger charge is -2.29. The summed E-state index contributed by atoms with van der Waals surface area (Å²) in [6.45, 7) is 2.78. The third-order valence-corrected chi connectivity index (χ3v) is 7.78. The van der Waals surface area contributed by atoms with Gasteiger partial charge in [0, 0.05) is 32.0 Å². The first kappa shape index (κ1) is 26.4. The van der Waals surface area contributed by atoms with Gasteiger partial charge in [-0.15, -0.1) is 0 Å². The van der Waals surface area contributed by atoms with Crippen molar-refractivity contribution in [2.24, 2.45) is 0 Å². The van der Waals surface area contributed by atoms with Crippen molar-refractivity contribution in [3.63, 3.8) is 0 Å². The Hall–Kier alpha value is -3.87. The van der Waals surface area contributed by atoms with Crippen LogP contribution in [0.25, 0.3) is 22.2 Å². The van der Waals surface area contributed by atoms with Gasteiger partial charge in [0.2, 0.25) is 0 Å². The summed E-state index contributed by atoms with van der Waals surface area (Å²) < 4.78 is 8.62. The molecule has 40 heavy (non-hydrogen) atoms. The van der Waals surface area contributed by atoms with Crippen molar-refractivity contribution >= 4 is 53.4 Å². The zero-order chi connectivity index (χ0) is 26.5. The molecule has 0 unspecified atom stereocenters. The van der Waals surface area contributed by atoms with Crippen molar-refractivity contribution in [2.45, 2.75) is 18.9 Å². The average molecular weight is 579 g/mol. The van der Waals surface area contributed by atoms with E-state index in [1.807, 2.05) is 30.3 Å². The maximum atomic E-state index is 13.8. The second-order valence-electron chi connectivity index (χ2n) is 9.67. The number of benzene rings is 1. The van der Waals surface area contributed by atoms with Gasteiger partial charge in [-0.25, -0.2) is 14.5 Å². The van der Waals surface area contributed by atoms with Crippen LogP contribution in [0.15, 0.2) is 59.9 Å². The molecular weight excluding hydrogens is 552 g/mol. The molecule has 0 aliphatic carbocycles. The molecule has 1 atom stereocenters. The lowest BCUT2D eigenvalue weighted by molar-refractivity contribution is 0.0304. The van der Waals surface area contributed by atoms with Crippen LogP contribution in [0.4, 0.5) is 5.82 Å². The molecule has 2 saturated heterocycles. The molecule has 2 fully saturated rings. The van der Waals surface area contributed by atoms with Gasteiger partial charge in [0.25, 0.3) is 11.5 Å². The zero-order valence-electron chi connectivity index (χ0n) is 21.5. The predicted molar refractivity (Wildman–Crippen MR) is 156 cm³/mol. The number of para-hydroxylation sites is 1. The first-order chi connectivity index (χ1) is 19.1. The van der Waals surface area contributed by atoms with Crippen LogP contribution in [0.5, 0.6) is 0 Å². The SMILES string of the molecule is O=C(c1c[nH]c2ncnc(N3CCC[C@H]3c3nn4ccc(Cl)c4c(=O)n3-c3ccccc3)c12)N1CCOCC1.S. The highest BCUT2D eigenvalue weighted by Gasteiger charge is 2.35. The van der Waals surface area contributed by atoms with Crippen molar-refractivity contribution in [1.82, 2.24) is 34.0 Å². The number of hydrogen-bond donors (Lipinski definition) is 1. The van der Waals surface area contributed by atoms with Gasteiger partial charge in [0.05, 0.1) is 40.9 Å². The lowest BCUT2D eigenvalue weighted by atomic mass is 10.1. The molecule has 1 amide bonds. The van der Waals surface area contributed by atoms with Crippen LogP contribution in [0.3, 0.4) is 0 Å². The number of ether oxygens (including phenoxy) is 1. The average Bonchev–Trinajstić information content (AvgIpc) is 3.72. The molecule has 7 rings (SSSR count). The predicted octanol–water partition coefficient (Wildman–Crippen LogP) is 3.34. The van der Waals surface area contributed by atoms with E-state index in [-0.39, 0.29) is 31.0 Å². The topological polar surface area (TPSA) is 114 Å². The van der Waals surface area contributed by atoms with Crippen molar-refractivity contribution < 1.29 is 9.53 Å². The molecule has 0 radical (unpaired) electrons. The summed E-state index contributed by atoms with van der Waals surface area (Å²) in [5.74, 6) is 1.13. The Balaban J connectivity index is 0.00000289. The third kappa shape index (κ3) is 4.23. The molecular formula is C27H27ClN8O3S. The number of carbonyl (C=O) groups is 1. The highest BCUT2D eigenvalue weighted by molar-refractivity contribution is 7.59. The molecule has 11 nitrogen and oxygen atoms in total. The van der Waals surface area contributed by atoms with Crippen LogP contribution in [0, 0.1) is 0 Å². The summed E-state index contributed by atoms with van der Waals surface area (Å²) in [7, 11) is 0. The van der Waals surface area contributed by atoms with Gasteiger partial charge in [0.1, 0.15) is 23.3 Å². The molecule has 0 bridgehead atoms. The molecule has 6 heterocycles. The number of amides is 1. The van der Waals surface area contributed by atoms with Gasteiger partial charge >= 0.3 is 0 Å². The van der Waals surface area contributed by atoms with Crippen LogP contribution >= 0.6 is 25.1 Å². The van der Waals surface area contributed by atoms with E-state index < -0.39 is 0 Å². The molecule has 0 saturated carbocycles. The summed E-state index contributed by atoms with van der Waals surface area (Å²) in [6, 6.07) is 10.8. The second kappa shape index (κ2) is 10.6. The fraction of sp³-hybridized carbons (Fsp3) is 0.296. The summed E-state index contributed by atoms with van der Waals surface area (Å²) in [6.07, 6.45) is 6.52. The molecule has 1 N–H and O–H groups in total. The quantitative estimate of drug-likeness (QED) is 0.348. The van der Waals surface area contributed by atoms with Crippen LogP contribution in [-0.4, -0.2) is 72.8 Å². The molecule has 2 aliphatic rings. The van der Waals surface area contributed by atoms with E-state index in [0.29, 0.717) is 77.3 Å². The third-order valence-electron chi connectivity index (χ3n) is 7.48. The number of rotatable bonds is 4. The van der Waals surface area contributed by atoms with Crippen LogP contribution < -0.4 is 10.5 Å². The highest BCUT2D eigenvalue weighted by atomic mass is 35.5. The van der Waals surface area contributed by atoms with Gasteiger partial charge < -0.3 is 19.5 Å². The minimum absolute atomic E-state index is 0. The molecule has 1 aromatic carbocycles. The maximum absolute atomic E-state index is 13.8. The second-order valence-corrected chi connectivity index (χ2v) is 10.1. The minimum Gasteiger partial charge on any atom is -0.378 e. The number of aromatic amines is 1. The van der Waals surface area contributed by atoms with E-state index in [2.05, 4.69) is 19.9 Å². The largest absolute Gasteiger partial charge is 0.378 e. The number of halogens is 1. The molecule has 4 aromatic heterocycles. The van der Waals surface area contributed by atoms with E-state index in [9.17, 15) is 9.59 Å². The zero-order valence-corrected chi connectivity index (χ0v) is 23.2. The monoisotopic (exact) mass is 578 g/mol. The summed E-state index contributed by atoms with van der Waals surface area (Å²) >= 11 is 6.39. The number of anilines is 1. The number of nitrogens with zero attached hydrogens (tertiary/aromatic N) is 7. The standard InChI is InChI=1S/C27H25ClN8O3.H2S/c28-19-8-10-35-22(19)27(38)36(17-5-2-1-3-6-17)24(32-35)20-7-4-9-34(20)25-21-18(15-29-23(21)30-16-31-25)26(37)33-11-13-39-14-12-33;/h1-3,5-6,8,10,15-16,20H,4,7,9,11-14H2,(H,29,30,31);1H2/t20-;/m0./s1. The van der Waals surface area contributed by atoms with Crippen molar-refractivity contribution in [2.75, 3.05) is 37.7 Å². The minimum atomic E-state index is -0.275. The number of hydrogen-bond acceptors (Lipinski definition) is 7. The Labute approximate surface area is 240 Å². The Morgan fingerprint density at radius 1 is 1.07 bits per heavy atom. The number of nitrogens with one attached hydrogen (secondary N) is 1. The first-order valence-electron chi connectivity index (χ1n) is 12.9. The lowest BCUT2D eigenvalue weighted by Crippen LogP contribution is -2.40. The van der Waals surface area contributed by atoms with Gasteiger partial charge in [-0.05, 0) is 31.0 Å². The highest BCUT2D eigenvalue weighted by Crippen LogP contribution is 2.39. The van der Waals surface area contributed by atoms with Crippen LogP contribution in [-0.2, 0) is 4.74 Å². The normalized spacial score (nSPS) is 17.5. The van der Waals surface area contributed by atoms with E-state index >= 15 is 0 Å². The van der Waals surface area contributed by atoms with Crippen LogP contribution in [0.1, 0.15) is 35.1 Å². The van der Waals surface area contributed by atoms with Gasteiger partial charge in [-0.3, -0.25) is 14.2 Å². The number of carbonyl (C=O) groups excluding carboxylic acids is 1. The smallest absolute Gasteiger partial charge is 0.284 e.